The van der Waals surface area contributed by atoms with E-state index >= 15 is 0 Å². The highest BCUT2D eigenvalue weighted by molar-refractivity contribution is 4.81. The monoisotopic (exact) mass is 279 g/mol. The second-order valence-electron chi connectivity index (χ2n) is 6.14. The zero-order chi connectivity index (χ0) is 14.7. The van der Waals surface area contributed by atoms with Crippen LogP contribution >= 0.6 is 0 Å². The molecule has 1 radical (unpaired) electrons. The highest BCUT2D eigenvalue weighted by atomic mass is 14.0. The molecular weight excluding hydrogens is 240 g/mol. The van der Waals surface area contributed by atoms with Gasteiger partial charge in [-0.25, -0.2) is 0 Å². The van der Waals surface area contributed by atoms with Crippen molar-refractivity contribution in [3.05, 3.63) is 19.1 Å². The maximum absolute atomic E-state index is 3.84. The molecule has 0 unspecified atom stereocenters. The van der Waals surface area contributed by atoms with Crippen LogP contribution in [0, 0.1) is 6.92 Å². The van der Waals surface area contributed by atoms with Gasteiger partial charge in [-0.2, -0.15) is 0 Å². The van der Waals surface area contributed by atoms with Crippen LogP contribution in [-0.2, 0) is 0 Å². The number of allylic oxidation sites excluding steroid dienone is 2. The SMILES string of the molecule is [CH2]CCC=CCCCCCCCCCCCCCCC. The molecule has 0 atom stereocenters. The zero-order valence-corrected chi connectivity index (χ0v) is 14.2. The Balaban J connectivity index is 2.96. The molecule has 0 aromatic rings. The number of rotatable bonds is 16. The predicted octanol–water partition coefficient (Wildman–Crippen LogP) is 7.64. The lowest BCUT2D eigenvalue weighted by Crippen LogP contribution is -1.82. The Hall–Kier alpha value is -0.260. The van der Waals surface area contributed by atoms with Gasteiger partial charge in [0.2, 0.25) is 0 Å². The van der Waals surface area contributed by atoms with E-state index in [2.05, 4.69) is 26.0 Å². The van der Waals surface area contributed by atoms with Crippen molar-refractivity contribution in [1.29, 1.82) is 0 Å². The van der Waals surface area contributed by atoms with Crippen molar-refractivity contribution >= 4 is 0 Å². The van der Waals surface area contributed by atoms with Crippen LogP contribution in [-0.4, -0.2) is 0 Å². The van der Waals surface area contributed by atoms with E-state index in [-0.39, 0.29) is 0 Å². The van der Waals surface area contributed by atoms with Crippen LogP contribution in [0.2, 0.25) is 0 Å². The van der Waals surface area contributed by atoms with Crippen LogP contribution in [0.15, 0.2) is 12.2 Å². The van der Waals surface area contributed by atoms with E-state index in [1.807, 2.05) is 0 Å². The lowest BCUT2D eigenvalue weighted by molar-refractivity contribution is 0.540. The van der Waals surface area contributed by atoms with E-state index in [4.69, 9.17) is 0 Å². The molecule has 0 amide bonds. The highest BCUT2D eigenvalue weighted by Gasteiger charge is 1.93. The Labute approximate surface area is 129 Å². The molecule has 0 aliphatic heterocycles. The van der Waals surface area contributed by atoms with Crippen LogP contribution < -0.4 is 0 Å². The van der Waals surface area contributed by atoms with Gasteiger partial charge < -0.3 is 0 Å². The minimum absolute atomic E-state index is 1.04. The van der Waals surface area contributed by atoms with E-state index in [1.54, 1.807) is 0 Å². The molecule has 0 nitrogen and oxygen atoms in total. The van der Waals surface area contributed by atoms with Gasteiger partial charge in [0, 0.05) is 0 Å². The van der Waals surface area contributed by atoms with E-state index < -0.39 is 0 Å². The normalized spacial score (nSPS) is 11.5. The van der Waals surface area contributed by atoms with Crippen molar-refractivity contribution in [3.8, 4) is 0 Å². The molecule has 0 aliphatic carbocycles. The molecule has 0 spiro atoms. The van der Waals surface area contributed by atoms with Crippen LogP contribution in [0.3, 0.4) is 0 Å². The first-order chi connectivity index (χ1) is 9.91. The molecule has 0 saturated carbocycles. The third-order valence-corrected chi connectivity index (χ3v) is 4.01. The Morgan fingerprint density at radius 2 is 0.950 bits per heavy atom. The largest absolute Gasteiger partial charge is 0.0885 e. The summed E-state index contributed by atoms with van der Waals surface area (Å²) in [7, 11) is 0. The minimum Gasteiger partial charge on any atom is -0.0885 e. The lowest BCUT2D eigenvalue weighted by Gasteiger charge is -2.02. The third kappa shape index (κ3) is 17.7. The van der Waals surface area contributed by atoms with Crippen molar-refractivity contribution in [2.45, 2.75) is 110 Å². The standard InChI is InChI=1S/C20H39/c1-3-5-7-9-11-13-15-17-19-20-18-16-14-12-10-8-6-4-2/h7,9H,1,3-6,8,10-20H2,2H3. The van der Waals surface area contributed by atoms with Gasteiger partial charge in [-0.1, -0.05) is 103 Å². The summed E-state index contributed by atoms with van der Waals surface area (Å²) in [6.45, 7) is 6.13. The van der Waals surface area contributed by atoms with Crippen molar-refractivity contribution in [1.82, 2.24) is 0 Å². The molecule has 20 heavy (non-hydrogen) atoms. The summed E-state index contributed by atoms with van der Waals surface area (Å²) in [6, 6.07) is 0. The smallest absolute Gasteiger partial charge is 0.0351 e. The van der Waals surface area contributed by atoms with Crippen LogP contribution in [0.4, 0.5) is 0 Å². The molecule has 0 aliphatic rings. The second kappa shape index (κ2) is 18.7. The molecule has 0 N–H and O–H groups in total. The van der Waals surface area contributed by atoms with E-state index in [0.717, 1.165) is 12.8 Å². The van der Waals surface area contributed by atoms with Gasteiger partial charge in [-0.05, 0) is 25.7 Å². The zero-order valence-electron chi connectivity index (χ0n) is 14.2. The summed E-state index contributed by atoms with van der Waals surface area (Å²) in [5, 5.41) is 0. The molecule has 0 bridgehead atoms. The van der Waals surface area contributed by atoms with E-state index in [9.17, 15) is 0 Å². The van der Waals surface area contributed by atoms with E-state index in [0.29, 0.717) is 0 Å². The number of unbranched alkanes of at least 4 members (excludes halogenated alkanes) is 14. The van der Waals surface area contributed by atoms with Crippen molar-refractivity contribution < 1.29 is 0 Å². The van der Waals surface area contributed by atoms with Crippen LogP contribution in [0.1, 0.15) is 110 Å². The Morgan fingerprint density at radius 1 is 0.550 bits per heavy atom. The van der Waals surface area contributed by atoms with Gasteiger partial charge in [-0.15, -0.1) is 0 Å². The molecule has 0 fully saturated rings. The fraction of sp³-hybridized carbons (Fsp3) is 0.850. The first kappa shape index (κ1) is 19.7. The number of hydrogen-bond acceptors (Lipinski definition) is 0. The maximum atomic E-state index is 3.84. The average molecular weight is 280 g/mol. The van der Waals surface area contributed by atoms with E-state index in [1.165, 1.54) is 89.9 Å². The van der Waals surface area contributed by atoms with Crippen LogP contribution in [0.25, 0.3) is 0 Å². The first-order valence-corrected chi connectivity index (χ1v) is 9.36. The first-order valence-electron chi connectivity index (χ1n) is 9.36. The lowest BCUT2D eigenvalue weighted by atomic mass is 10.0. The van der Waals surface area contributed by atoms with Crippen molar-refractivity contribution in [3.63, 3.8) is 0 Å². The molecule has 0 aromatic carbocycles. The predicted molar refractivity (Wildman–Crippen MR) is 94.0 cm³/mol. The summed E-state index contributed by atoms with van der Waals surface area (Å²) in [5.74, 6) is 0. The van der Waals surface area contributed by atoms with Gasteiger partial charge in [0.1, 0.15) is 0 Å². The molecule has 119 valence electrons. The average Bonchev–Trinajstić information content (AvgIpc) is 2.47. The molecule has 0 rings (SSSR count). The van der Waals surface area contributed by atoms with Crippen LogP contribution in [0.5, 0.6) is 0 Å². The molecule has 0 aromatic heterocycles. The van der Waals surface area contributed by atoms with Gasteiger partial charge in [0.05, 0.1) is 0 Å². The highest BCUT2D eigenvalue weighted by Crippen LogP contribution is 2.13. The second-order valence-corrected chi connectivity index (χ2v) is 6.14. The molecular formula is C20H39. The summed E-state index contributed by atoms with van der Waals surface area (Å²) in [5.41, 5.74) is 0. The topological polar surface area (TPSA) is 0 Å². The molecule has 0 saturated heterocycles. The van der Waals surface area contributed by atoms with Gasteiger partial charge >= 0.3 is 0 Å². The van der Waals surface area contributed by atoms with Crippen molar-refractivity contribution in [2.75, 3.05) is 0 Å². The summed E-state index contributed by atoms with van der Waals surface area (Å²) in [4.78, 5) is 0. The quantitative estimate of drug-likeness (QED) is 0.201. The maximum Gasteiger partial charge on any atom is -0.0351 e. The van der Waals surface area contributed by atoms with Gasteiger partial charge in [0.25, 0.3) is 0 Å². The third-order valence-electron chi connectivity index (χ3n) is 4.01. The number of hydrogen-bond donors (Lipinski definition) is 0. The fourth-order valence-corrected chi connectivity index (χ4v) is 2.63. The van der Waals surface area contributed by atoms with Gasteiger partial charge in [0.15, 0.2) is 0 Å². The fourth-order valence-electron chi connectivity index (χ4n) is 2.63. The molecule has 0 heteroatoms. The van der Waals surface area contributed by atoms with Crippen molar-refractivity contribution in [2.24, 2.45) is 0 Å². The molecule has 0 heterocycles. The summed E-state index contributed by atoms with van der Waals surface area (Å²) < 4.78 is 0. The summed E-state index contributed by atoms with van der Waals surface area (Å²) >= 11 is 0. The Morgan fingerprint density at radius 3 is 1.40 bits per heavy atom. The minimum atomic E-state index is 1.04. The Bertz CT molecular complexity index is 180. The van der Waals surface area contributed by atoms with Gasteiger partial charge in [-0.3, -0.25) is 0 Å². The summed E-state index contributed by atoms with van der Waals surface area (Å²) in [6.07, 6.45) is 26.9. The Kier molecular flexibility index (Phi) is 18.5.